The molecule has 0 bridgehead atoms. The van der Waals surface area contributed by atoms with E-state index in [2.05, 4.69) is 0 Å². The van der Waals surface area contributed by atoms with E-state index in [0.29, 0.717) is 17.4 Å². The number of hydrogen-bond acceptors (Lipinski definition) is 5. The fourth-order valence-electron chi connectivity index (χ4n) is 5.09. The first-order valence-corrected chi connectivity index (χ1v) is 15.5. The predicted octanol–water partition coefficient (Wildman–Crippen LogP) is 5.99. The largest absolute Gasteiger partial charge is 0.302 e. The maximum Gasteiger partial charge on any atom is 0.196 e. The summed E-state index contributed by atoms with van der Waals surface area (Å²) in [6, 6.07) is 36.8. The Morgan fingerprint density at radius 1 is 0.564 bits per heavy atom. The summed E-state index contributed by atoms with van der Waals surface area (Å²) in [5.74, 6) is 0. The molecule has 0 amide bonds. The van der Waals surface area contributed by atoms with Gasteiger partial charge in [-0.1, -0.05) is 109 Å². The van der Waals surface area contributed by atoms with Crippen LogP contribution >= 0.6 is 0 Å². The molecule has 1 atom stereocenters. The third kappa shape index (κ3) is 4.80. The van der Waals surface area contributed by atoms with Crippen LogP contribution in [0.4, 0.5) is 0 Å². The maximum atomic E-state index is 14.2. The average molecular weight is 555 g/mol. The van der Waals surface area contributed by atoms with Crippen molar-refractivity contribution in [3.05, 3.63) is 145 Å². The third-order valence-electron chi connectivity index (χ3n) is 7.08. The van der Waals surface area contributed by atoms with E-state index in [1.165, 1.54) is 24.3 Å². The summed E-state index contributed by atoms with van der Waals surface area (Å²) in [7, 11) is -8.93. The summed E-state index contributed by atoms with van der Waals surface area (Å²) in [5, 5.41) is 1.59. The standard InChI is InChI=1S/C32H26O5S2/c33-24-32(26-15-4-1-5-16-26,30-22-12-14-25-13-10-11-21-29(25)30)23-31(38(34,35)27-17-6-2-7-18-27)39(36,37)28-19-8-3-9-20-28/h1-22,24,31H,23H2/t32-/m1/s1. The predicted molar refractivity (Wildman–Crippen MR) is 153 cm³/mol. The van der Waals surface area contributed by atoms with E-state index in [1.807, 2.05) is 30.3 Å². The molecule has 0 heterocycles. The van der Waals surface area contributed by atoms with Gasteiger partial charge in [0.1, 0.15) is 6.29 Å². The molecule has 5 nitrogen and oxygen atoms in total. The quantitative estimate of drug-likeness (QED) is 0.209. The molecular formula is C32H26O5S2. The van der Waals surface area contributed by atoms with E-state index in [-0.39, 0.29) is 9.79 Å². The molecule has 0 spiro atoms. The minimum absolute atomic E-state index is 0.125. The maximum absolute atomic E-state index is 14.2. The van der Waals surface area contributed by atoms with Crippen molar-refractivity contribution in [1.82, 2.24) is 0 Å². The van der Waals surface area contributed by atoms with Crippen LogP contribution in [0.25, 0.3) is 10.8 Å². The van der Waals surface area contributed by atoms with E-state index >= 15 is 0 Å². The number of sulfone groups is 2. The Bertz CT molecular complexity index is 1740. The van der Waals surface area contributed by atoms with Gasteiger partial charge in [-0.3, -0.25) is 0 Å². The van der Waals surface area contributed by atoms with Gasteiger partial charge in [0.05, 0.1) is 15.2 Å². The van der Waals surface area contributed by atoms with Gasteiger partial charge >= 0.3 is 0 Å². The van der Waals surface area contributed by atoms with Crippen molar-refractivity contribution in [3.63, 3.8) is 0 Å². The Hall–Kier alpha value is -4.07. The molecule has 5 aromatic rings. The van der Waals surface area contributed by atoms with Crippen LogP contribution in [0.3, 0.4) is 0 Å². The lowest BCUT2D eigenvalue weighted by atomic mass is 9.72. The number of fused-ring (bicyclic) bond motifs is 1. The minimum Gasteiger partial charge on any atom is -0.302 e. The first-order chi connectivity index (χ1) is 18.8. The van der Waals surface area contributed by atoms with E-state index in [1.54, 1.807) is 78.9 Å². The second kappa shape index (κ2) is 10.6. The molecule has 0 aliphatic rings. The summed E-state index contributed by atoms with van der Waals surface area (Å²) in [6.07, 6.45) is 0.182. The molecule has 7 heteroatoms. The highest BCUT2D eigenvalue weighted by atomic mass is 32.3. The van der Waals surface area contributed by atoms with Crippen molar-refractivity contribution < 1.29 is 21.6 Å². The van der Waals surface area contributed by atoms with Gasteiger partial charge in [0.2, 0.25) is 0 Å². The van der Waals surface area contributed by atoms with Gasteiger partial charge in [-0.25, -0.2) is 16.8 Å². The molecule has 0 fully saturated rings. The van der Waals surface area contributed by atoms with Crippen LogP contribution in [-0.2, 0) is 29.9 Å². The molecule has 0 radical (unpaired) electrons. The number of aldehydes is 1. The van der Waals surface area contributed by atoms with E-state index in [4.69, 9.17) is 0 Å². The SMILES string of the molecule is O=C[C@](CC(S(=O)(=O)c1ccccc1)S(=O)(=O)c1ccccc1)(c1ccccc1)c1cccc2ccccc12. The van der Waals surface area contributed by atoms with Crippen molar-refractivity contribution in [1.29, 1.82) is 0 Å². The minimum atomic E-state index is -4.47. The molecule has 0 aliphatic carbocycles. The fourth-order valence-corrected chi connectivity index (χ4v) is 9.73. The Kier molecular flexibility index (Phi) is 7.21. The third-order valence-corrected chi connectivity index (χ3v) is 12.2. The van der Waals surface area contributed by atoms with Crippen LogP contribution in [0.2, 0.25) is 0 Å². The first kappa shape index (κ1) is 26.5. The van der Waals surface area contributed by atoms with Crippen molar-refractivity contribution >= 4 is 36.7 Å². The normalized spacial score (nSPS) is 13.7. The highest BCUT2D eigenvalue weighted by Crippen LogP contribution is 2.43. The zero-order valence-corrected chi connectivity index (χ0v) is 22.6. The topological polar surface area (TPSA) is 85.3 Å². The Morgan fingerprint density at radius 3 is 1.56 bits per heavy atom. The van der Waals surface area contributed by atoms with Crippen molar-refractivity contribution in [3.8, 4) is 0 Å². The Labute approximate surface area is 228 Å². The lowest BCUT2D eigenvalue weighted by molar-refractivity contribution is -0.111. The van der Waals surface area contributed by atoms with Crippen molar-refractivity contribution in [2.75, 3.05) is 0 Å². The molecule has 5 rings (SSSR count). The van der Waals surface area contributed by atoms with Gasteiger partial charge in [-0.15, -0.1) is 0 Å². The van der Waals surface area contributed by atoms with Crippen LogP contribution in [0.5, 0.6) is 0 Å². The van der Waals surface area contributed by atoms with Gasteiger partial charge in [-0.2, -0.15) is 0 Å². The highest BCUT2D eigenvalue weighted by molar-refractivity contribution is 8.09. The number of rotatable bonds is 9. The van der Waals surface area contributed by atoms with Gasteiger partial charge < -0.3 is 4.79 Å². The number of hydrogen-bond donors (Lipinski definition) is 0. The molecule has 0 aromatic heterocycles. The summed E-state index contributed by atoms with van der Waals surface area (Å²) in [4.78, 5) is 13.1. The summed E-state index contributed by atoms with van der Waals surface area (Å²) >= 11 is 0. The molecule has 0 aliphatic heterocycles. The zero-order valence-electron chi connectivity index (χ0n) is 20.9. The van der Waals surface area contributed by atoms with Gasteiger partial charge in [0.15, 0.2) is 24.3 Å². The Morgan fingerprint density at radius 2 is 1.03 bits per heavy atom. The van der Waals surface area contributed by atoms with Crippen LogP contribution in [0.15, 0.2) is 143 Å². The zero-order chi connectivity index (χ0) is 27.5. The average Bonchev–Trinajstić information content (AvgIpc) is 2.99. The molecule has 0 saturated heterocycles. The van der Waals surface area contributed by atoms with Gasteiger partial charge in [0.25, 0.3) is 0 Å². The molecule has 5 aromatic carbocycles. The lowest BCUT2D eigenvalue weighted by Gasteiger charge is -2.34. The monoisotopic (exact) mass is 554 g/mol. The van der Waals surface area contributed by atoms with Crippen LogP contribution < -0.4 is 0 Å². The van der Waals surface area contributed by atoms with E-state index in [0.717, 1.165) is 10.8 Å². The number of benzene rings is 5. The van der Waals surface area contributed by atoms with Crippen LogP contribution in [0, 0.1) is 0 Å². The van der Waals surface area contributed by atoms with E-state index in [9.17, 15) is 21.6 Å². The molecule has 0 unspecified atom stereocenters. The number of carbonyl (C=O) groups excluding carboxylic acids is 1. The van der Waals surface area contributed by atoms with Crippen molar-refractivity contribution in [2.24, 2.45) is 0 Å². The highest BCUT2D eigenvalue weighted by Gasteiger charge is 2.48. The second-order valence-corrected chi connectivity index (χ2v) is 13.9. The summed E-state index contributed by atoms with van der Waals surface area (Å²) in [6.45, 7) is 0. The van der Waals surface area contributed by atoms with Crippen LogP contribution in [0.1, 0.15) is 17.5 Å². The smallest absolute Gasteiger partial charge is 0.196 e. The molecule has 0 saturated carbocycles. The second-order valence-electron chi connectivity index (χ2n) is 9.33. The summed E-state index contributed by atoms with van der Waals surface area (Å²) < 4.78 is 54.8. The fraction of sp³-hybridized carbons (Fsp3) is 0.0938. The number of carbonyl (C=O) groups is 1. The molecule has 0 N–H and O–H groups in total. The molecular weight excluding hydrogens is 528 g/mol. The Balaban J connectivity index is 1.82. The van der Waals surface area contributed by atoms with Gasteiger partial charge in [-0.05, 0) is 52.6 Å². The summed E-state index contributed by atoms with van der Waals surface area (Å²) in [5.41, 5.74) is -0.539. The first-order valence-electron chi connectivity index (χ1n) is 12.4. The molecule has 196 valence electrons. The van der Waals surface area contributed by atoms with Crippen molar-refractivity contribution in [2.45, 2.75) is 26.2 Å². The molecule has 39 heavy (non-hydrogen) atoms. The van der Waals surface area contributed by atoms with Crippen LogP contribution in [-0.4, -0.2) is 27.7 Å². The van der Waals surface area contributed by atoms with E-state index < -0.39 is 36.1 Å². The van der Waals surface area contributed by atoms with Gasteiger partial charge in [0, 0.05) is 0 Å². The lowest BCUT2D eigenvalue weighted by Crippen LogP contribution is -2.41.